The molecule has 6 nitrogen and oxygen atoms in total. The number of hydrogen-bond acceptors (Lipinski definition) is 4. The number of carbonyl (C=O) groups is 2. The summed E-state index contributed by atoms with van der Waals surface area (Å²) < 4.78 is 6.95. The van der Waals surface area contributed by atoms with Gasteiger partial charge in [0.05, 0.1) is 0 Å². The van der Waals surface area contributed by atoms with Crippen LogP contribution in [0.1, 0.15) is 72.7 Å². The molecule has 2 fully saturated rings. The van der Waals surface area contributed by atoms with Crippen LogP contribution < -0.4 is 5.32 Å². The van der Waals surface area contributed by atoms with Crippen molar-refractivity contribution in [3.63, 3.8) is 0 Å². The van der Waals surface area contributed by atoms with Crippen LogP contribution in [-0.2, 0) is 4.74 Å². The van der Waals surface area contributed by atoms with E-state index >= 15 is 0 Å². The van der Waals surface area contributed by atoms with Crippen molar-refractivity contribution in [2.45, 2.75) is 65.0 Å². The molecule has 1 atom stereocenters. The molecule has 1 N–H and O–H groups in total. The van der Waals surface area contributed by atoms with E-state index in [0.29, 0.717) is 6.54 Å². The van der Waals surface area contributed by atoms with Gasteiger partial charge in [-0.25, -0.2) is 4.79 Å². The molecule has 37 heavy (non-hydrogen) atoms. The molecule has 0 aromatic heterocycles. The summed E-state index contributed by atoms with van der Waals surface area (Å²) in [4.78, 5) is 30.3. The quantitative estimate of drug-likeness (QED) is 0.446. The minimum atomic E-state index is -0.356. The zero-order valence-electron chi connectivity index (χ0n) is 22.6. The lowest BCUT2D eigenvalue weighted by molar-refractivity contribution is -0.0152. The van der Waals surface area contributed by atoms with E-state index in [9.17, 15) is 9.59 Å². The van der Waals surface area contributed by atoms with E-state index in [1.807, 2.05) is 68.1 Å². The first-order valence-corrected chi connectivity index (χ1v) is 14.3. The number of benzene rings is 2. The first-order chi connectivity index (χ1) is 17.7. The average molecular weight is 571 g/mol. The summed E-state index contributed by atoms with van der Waals surface area (Å²) in [6.07, 6.45) is 3.28. The van der Waals surface area contributed by atoms with Crippen LogP contribution in [0.25, 0.3) is 0 Å². The standard InChI is InChI=1S/C30H40BrN3O3/c1-5-32-29(36)37-27(23-9-11-25(31)12-10-23)24-13-17-34(18-14-24)30(4)15-19-33(20-16-30)28(35)26-21(2)7-6-8-22(26)3/h6-12,24,27H,5,13-20H2,1-4H3,(H,32,36). The van der Waals surface area contributed by atoms with Crippen molar-refractivity contribution in [2.75, 3.05) is 32.7 Å². The van der Waals surface area contributed by atoms with Crippen LogP contribution in [0.15, 0.2) is 46.9 Å². The molecule has 0 aliphatic carbocycles. The van der Waals surface area contributed by atoms with Crippen LogP contribution in [0.3, 0.4) is 0 Å². The molecule has 2 aliphatic heterocycles. The van der Waals surface area contributed by atoms with Gasteiger partial charge in [-0.2, -0.15) is 0 Å². The van der Waals surface area contributed by atoms with Crippen molar-refractivity contribution in [3.8, 4) is 0 Å². The zero-order valence-corrected chi connectivity index (χ0v) is 24.1. The van der Waals surface area contributed by atoms with Gasteiger partial charge in [-0.1, -0.05) is 46.3 Å². The lowest BCUT2D eigenvalue weighted by Gasteiger charge is -2.49. The van der Waals surface area contributed by atoms with Crippen LogP contribution in [-0.4, -0.2) is 60.1 Å². The fourth-order valence-corrected chi connectivity index (χ4v) is 6.21. The molecule has 0 spiro atoms. The summed E-state index contributed by atoms with van der Waals surface area (Å²) in [7, 11) is 0. The van der Waals surface area contributed by atoms with E-state index in [0.717, 1.165) is 78.6 Å². The maximum absolute atomic E-state index is 13.3. The molecular formula is C30H40BrN3O3. The Morgan fingerprint density at radius 2 is 1.62 bits per heavy atom. The summed E-state index contributed by atoms with van der Waals surface area (Å²) in [6, 6.07) is 14.2. The molecule has 2 aliphatic rings. The average Bonchev–Trinajstić information content (AvgIpc) is 2.88. The van der Waals surface area contributed by atoms with Crippen LogP contribution in [0.2, 0.25) is 0 Å². The van der Waals surface area contributed by atoms with Crippen molar-refractivity contribution in [3.05, 3.63) is 69.2 Å². The van der Waals surface area contributed by atoms with Gasteiger partial charge >= 0.3 is 6.09 Å². The summed E-state index contributed by atoms with van der Waals surface area (Å²) in [5.41, 5.74) is 4.08. The Bertz CT molecular complexity index is 1070. The molecule has 4 rings (SSSR count). The normalized spacial score (nSPS) is 19.3. The third kappa shape index (κ3) is 6.37. The number of ether oxygens (including phenoxy) is 1. The van der Waals surface area contributed by atoms with Crippen molar-refractivity contribution >= 4 is 27.9 Å². The number of rotatable bonds is 6. The molecule has 2 saturated heterocycles. The highest BCUT2D eigenvalue weighted by Crippen LogP contribution is 2.38. The SMILES string of the molecule is CCNC(=O)OC(c1ccc(Br)cc1)C1CCN(C2(C)CCN(C(=O)c3c(C)cccc3C)CC2)CC1. The molecular weight excluding hydrogens is 530 g/mol. The molecule has 0 radical (unpaired) electrons. The number of hydrogen-bond donors (Lipinski definition) is 1. The fourth-order valence-electron chi connectivity index (χ4n) is 5.95. The molecule has 200 valence electrons. The van der Waals surface area contributed by atoms with Crippen LogP contribution in [0.4, 0.5) is 4.79 Å². The molecule has 2 amide bonds. The monoisotopic (exact) mass is 569 g/mol. The fraction of sp³-hybridized carbons (Fsp3) is 0.533. The van der Waals surface area contributed by atoms with Gasteiger partial charge in [-0.05, 0) is 95.3 Å². The van der Waals surface area contributed by atoms with Crippen LogP contribution in [0, 0.1) is 19.8 Å². The second-order valence-electron chi connectivity index (χ2n) is 10.8. The second-order valence-corrected chi connectivity index (χ2v) is 11.7. The molecule has 2 heterocycles. The van der Waals surface area contributed by atoms with E-state index in [2.05, 4.69) is 33.1 Å². The van der Waals surface area contributed by atoms with Gasteiger partial charge in [0.15, 0.2) is 0 Å². The number of halogens is 1. The number of carbonyl (C=O) groups excluding carboxylic acids is 2. The number of alkyl carbamates (subject to hydrolysis) is 1. The maximum atomic E-state index is 13.3. The van der Waals surface area contributed by atoms with Gasteiger partial charge in [0.2, 0.25) is 0 Å². The Labute approximate surface area is 229 Å². The molecule has 1 unspecified atom stereocenters. The van der Waals surface area contributed by atoms with Crippen molar-refractivity contribution in [2.24, 2.45) is 5.92 Å². The van der Waals surface area contributed by atoms with Crippen molar-refractivity contribution < 1.29 is 14.3 Å². The number of amides is 2. The predicted molar refractivity (Wildman–Crippen MR) is 151 cm³/mol. The lowest BCUT2D eigenvalue weighted by Crippen LogP contribution is -2.56. The lowest BCUT2D eigenvalue weighted by atomic mass is 9.82. The number of nitrogens with one attached hydrogen (secondary N) is 1. The molecule has 2 aromatic carbocycles. The van der Waals surface area contributed by atoms with E-state index < -0.39 is 0 Å². The highest BCUT2D eigenvalue weighted by atomic mass is 79.9. The Hall–Kier alpha value is -2.38. The van der Waals surface area contributed by atoms with Gasteiger partial charge in [0.1, 0.15) is 6.10 Å². The Morgan fingerprint density at radius 1 is 1.03 bits per heavy atom. The number of aryl methyl sites for hydroxylation is 2. The van der Waals surface area contributed by atoms with Crippen molar-refractivity contribution in [1.29, 1.82) is 0 Å². The van der Waals surface area contributed by atoms with E-state index in [1.54, 1.807) is 0 Å². The van der Waals surface area contributed by atoms with E-state index in [4.69, 9.17) is 4.74 Å². The van der Waals surface area contributed by atoms with Gasteiger partial charge in [0.25, 0.3) is 5.91 Å². The van der Waals surface area contributed by atoms with Gasteiger partial charge in [-0.3, -0.25) is 9.69 Å². The summed E-state index contributed by atoms with van der Waals surface area (Å²) in [6.45, 7) is 12.4. The topological polar surface area (TPSA) is 61.9 Å². The third-order valence-corrected chi connectivity index (χ3v) is 8.84. The molecule has 2 aromatic rings. The first-order valence-electron chi connectivity index (χ1n) is 13.5. The highest BCUT2D eigenvalue weighted by Gasteiger charge is 2.40. The Balaban J connectivity index is 1.38. The van der Waals surface area contributed by atoms with E-state index in [1.165, 1.54) is 0 Å². The predicted octanol–water partition coefficient (Wildman–Crippen LogP) is 6.26. The smallest absolute Gasteiger partial charge is 0.407 e. The van der Waals surface area contributed by atoms with Crippen LogP contribution in [0.5, 0.6) is 0 Å². The number of likely N-dealkylation sites (tertiary alicyclic amines) is 2. The number of piperidine rings is 2. The highest BCUT2D eigenvalue weighted by molar-refractivity contribution is 9.10. The third-order valence-electron chi connectivity index (χ3n) is 8.31. The summed E-state index contributed by atoms with van der Waals surface area (Å²) in [5, 5.41) is 2.78. The van der Waals surface area contributed by atoms with E-state index in [-0.39, 0.29) is 29.6 Å². The van der Waals surface area contributed by atoms with Gasteiger partial charge in [-0.15, -0.1) is 0 Å². The second kappa shape index (κ2) is 12.0. The molecule has 0 saturated carbocycles. The zero-order chi connectivity index (χ0) is 26.6. The minimum absolute atomic E-state index is 0.0794. The maximum Gasteiger partial charge on any atom is 0.407 e. The summed E-state index contributed by atoms with van der Waals surface area (Å²) in [5.74, 6) is 0.436. The summed E-state index contributed by atoms with van der Waals surface area (Å²) >= 11 is 3.51. The minimum Gasteiger partial charge on any atom is -0.441 e. The first kappa shape index (κ1) is 27.6. The van der Waals surface area contributed by atoms with Gasteiger partial charge < -0.3 is 15.0 Å². The number of nitrogens with zero attached hydrogens (tertiary/aromatic N) is 2. The van der Waals surface area contributed by atoms with Crippen molar-refractivity contribution in [1.82, 2.24) is 15.1 Å². The largest absolute Gasteiger partial charge is 0.441 e. The van der Waals surface area contributed by atoms with Gasteiger partial charge in [0, 0.05) is 41.1 Å². The van der Waals surface area contributed by atoms with Crippen LogP contribution >= 0.6 is 15.9 Å². The molecule has 0 bridgehead atoms. The molecule has 7 heteroatoms. The Morgan fingerprint density at radius 3 is 2.19 bits per heavy atom. The Kier molecular flexibility index (Phi) is 8.96.